The Balaban J connectivity index is 1.70. The Morgan fingerprint density at radius 3 is 2.92 bits per heavy atom. The van der Waals surface area contributed by atoms with Crippen molar-refractivity contribution in [2.75, 3.05) is 31.7 Å². The lowest BCUT2D eigenvalue weighted by atomic mass is 9.81. The van der Waals surface area contributed by atoms with Crippen LogP contribution in [0.2, 0.25) is 0 Å². The van der Waals surface area contributed by atoms with E-state index in [1.165, 1.54) is 0 Å². The van der Waals surface area contributed by atoms with Crippen molar-refractivity contribution >= 4 is 17.7 Å². The normalized spacial score (nSPS) is 25.4. The van der Waals surface area contributed by atoms with Crippen LogP contribution >= 0.6 is 0 Å². The molecule has 0 spiro atoms. The molecule has 1 aromatic rings. The number of anilines is 1. The highest BCUT2D eigenvalue weighted by molar-refractivity contribution is 5.92. The van der Waals surface area contributed by atoms with E-state index in [1.807, 2.05) is 0 Å². The molecular formula is C17H21FN2O4. The highest BCUT2D eigenvalue weighted by Crippen LogP contribution is 2.49. The molecule has 130 valence electrons. The number of fused-ring (bicyclic) bond motifs is 1. The van der Waals surface area contributed by atoms with Gasteiger partial charge in [-0.25, -0.2) is 9.18 Å². The zero-order chi connectivity index (χ0) is 17.2. The highest BCUT2D eigenvalue weighted by atomic mass is 19.1. The summed E-state index contributed by atoms with van der Waals surface area (Å²) in [7, 11) is 0. The summed E-state index contributed by atoms with van der Waals surface area (Å²) in [5.41, 5.74) is -0.348. The first kappa shape index (κ1) is 16.5. The van der Waals surface area contributed by atoms with Crippen molar-refractivity contribution < 1.29 is 23.8 Å². The van der Waals surface area contributed by atoms with Gasteiger partial charge in [0.25, 0.3) is 0 Å². The number of halogens is 1. The van der Waals surface area contributed by atoms with Gasteiger partial charge in [0.2, 0.25) is 0 Å². The number of rotatable bonds is 5. The first-order valence-corrected chi connectivity index (χ1v) is 8.14. The van der Waals surface area contributed by atoms with Crippen LogP contribution in [0.25, 0.3) is 0 Å². The molecule has 1 aliphatic heterocycles. The molecule has 1 saturated heterocycles. The van der Waals surface area contributed by atoms with Crippen LogP contribution < -0.4 is 10.1 Å². The molecule has 1 aliphatic carbocycles. The maximum Gasteiger partial charge on any atom is 0.321 e. The van der Waals surface area contributed by atoms with E-state index in [4.69, 9.17) is 4.74 Å². The molecule has 2 aliphatic rings. The van der Waals surface area contributed by atoms with Crippen LogP contribution in [0.15, 0.2) is 24.3 Å². The van der Waals surface area contributed by atoms with Crippen molar-refractivity contribution in [1.29, 1.82) is 0 Å². The van der Waals surface area contributed by atoms with Crippen LogP contribution in [-0.4, -0.2) is 48.4 Å². The Morgan fingerprint density at radius 2 is 2.21 bits per heavy atom. The third-order valence-corrected chi connectivity index (χ3v) is 5.05. The van der Waals surface area contributed by atoms with Crippen molar-refractivity contribution in [2.45, 2.75) is 19.3 Å². The van der Waals surface area contributed by atoms with Crippen LogP contribution in [-0.2, 0) is 4.79 Å². The monoisotopic (exact) mass is 336 g/mol. The molecule has 1 aromatic carbocycles. The first-order valence-electron chi connectivity index (χ1n) is 8.14. The number of carboxylic acids is 1. The van der Waals surface area contributed by atoms with Crippen LogP contribution in [0.4, 0.5) is 14.9 Å². The smallest absolute Gasteiger partial charge is 0.321 e. The summed E-state index contributed by atoms with van der Waals surface area (Å²) in [5, 5.41) is 12.3. The number of nitrogens with zero attached hydrogens (tertiary/aromatic N) is 1. The summed E-state index contributed by atoms with van der Waals surface area (Å²) in [6.07, 6.45) is 2.35. The number of aliphatic carboxylic acids is 1. The minimum Gasteiger partial charge on any atom is -0.489 e. The van der Waals surface area contributed by atoms with Crippen molar-refractivity contribution in [3.63, 3.8) is 0 Å². The van der Waals surface area contributed by atoms with Gasteiger partial charge in [-0.3, -0.25) is 4.79 Å². The van der Waals surface area contributed by atoms with Gasteiger partial charge in [0.1, 0.15) is 19.0 Å². The van der Waals surface area contributed by atoms with Gasteiger partial charge in [0, 0.05) is 13.1 Å². The zero-order valence-electron chi connectivity index (χ0n) is 13.3. The molecule has 1 saturated carbocycles. The van der Waals surface area contributed by atoms with Crippen LogP contribution in [0, 0.1) is 11.3 Å². The van der Waals surface area contributed by atoms with Gasteiger partial charge in [-0.2, -0.15) is 0 Å². The molecule has 24 heavy (non-hydrogen) atoms. The lowest BCUT2D eigenvalue weighted by Crippen LogP contribution is -2.38. The minimum absolute atomic E-state index is 0.0128. The van der Waals surface area contributed by atoms with E-state index >= 15 is 0 Å². The predicted molar refractivity (Wildman–Crippen MR) is 85.9 cm³/mol. The number of ether oxygens (including phenoxy) is 1. The number of nitrogens with one attached hydrogen (secondary N) is 1. The average Bonchev–Trinajstić information content (AvgIpc) is 3.12. The minimum atomic E-state index is -0.813. The van der Waals surface area contributed by atoms with E-state index in [9.17, 15) is 19.1 Å². The number of amides is 2. The Kier molecular flexibility index (Phi) is 4.59. The summed E-state index contributed by atoms with van der Waals surface area (Å²) >= 11 is 0. The third-order valence-electron chi connectivity index (χ3n) is 5.05. The summed E-state index contributed by atoms with van der Waals surface area (Å²) in [4.78, 5) is 25.8. The SMILES string of the molecule is O=C(Nc1ccccc1OCCF)N1C[C@@H]2CCC[C@@]2(C(=O)O)C1. The van der Waals surface area contributed by atoms with Crippen molar-refractivity contribution in [1.82, 2.24) is 4.90 Å². The fourth-order valence-electron chi connectivity index (χ4n) is 3.83. The fraction of sp³-hybridized carbons (Fsp3) is 0.529. The second kappa shape index (κ2) is 6.67. The quantitative estimate of drug-likeness (QED) is 0.866. The van der Waals surface area contributed by atoms with E-state index in [-0.39, 0.29) is 25.1 Å². The molecule has 2 amide bonds. The Hall–Kier alpha value is -2.31. The lowest BCUT2D eigenvalue weighted by molar-refractivity contribution is -0.149. The summed E-state index contributed by atoms with van der Waals surface area (Å²) < 4.78 is 17.6. The zero-order valence-corrected chi connectivity index (χ0v) is 13.3. The maximum atomic E-state index is 12.5. The highest BCUT2D eigenvalue weighted by Gasteiger charge is 2.55. The van der Waals surface area contributed by atoms with Gasteiger partial charge in [0.05, 0.1) is 11.1 Å². The van der Waals surface area contributed by atoms with Crippen LogP contribution in [0.1, 0.15) is 19.3 Å². The Labute approximate surface area is 139 Å². The molecule has 6 nitrogen and oxygen atoms in total. The second-order valence-electron chi connectivity index (χ2n) is 6.39. The Morgan fingerprint density at radius 1 is 1.42 bits per heavy atom. The summed E-state index contributed by atoms with van der Waals surface area (Å²) in [6, 6.07) is 6.47. The van der Waals surface area contributed by atoms with E-state index in [2.05, 4.69) is 5.32 Å². The van der Waals surface area contributed by atoms with Gasteiger partial charge < -0.3 is 20.1 Å². The number of benzene rings is 1. The molecule has 3 rings (SSSR count). The molecule has 2 N–H and O–H groups in total. The standard InChI is InChI=1S/C17H21FN2O4/c18-8-9-24-14-6-2-1-5-13(14)19-16(23)20-10-12-4-3-7-17(12,11-20)15(21)22/h1-2,5-6,12H,3-4,7-11H2,(H,19,23)(H,21,22)/t12-,17+/m0/s1. The molecule has 7 heteroatoms. The lowest BCUT2D eigenvalue weighted by Gasteiger charge is -2.23. The first-order chi connectivity index (χ1) is 11.6. The number of carbonyl (C=O) groups is 2. The number of carbonyl (C=O) groups excluding carboxylic acids is 1. The van der Waals surface area contributed by atoms with Gasteiger partial charge in [-0.15, -0.1) is 0 Å². The molecule has 0 bridgehead atoms. The van der Waals surface area contributed by atoms with E-state index in [0.717, 1.165) is 12.8 Å². The third kappa shape index (κ3) is 2.90. The van der Waals surface area contributed by atoms with Crippen LogP contribution in [0.5, 0.6) is 5.75 Å². The topological polar surface area (TPSA) is 78.9 Å². The van der Waals surface area contributed by atoms with E-state index in [0.29, 0.717) is 24.4 Å². The number of likely N-dealkylation sites (tertiary alicyclic amines) is 1. The van der Waals surface area contributed by atoms with Gasteiger partial charge in [-0.1, -0.05) is 18.6 Å². The maximum absolute atomic E-state index is 12.5. The van der Waals surface area contributed by atoms with E-state index < -0.39 is 18.1 Å². The van der Waals surface area contributed by atoms with Gasteiger partial charge in [0.15, 0.2) is 0 Å². The summed E-state index contributed by atoms with van der Waals surface area (Å²) in [5.74, 6) is -0.401. The largest absolute Gasteiger partial charge is 0.489 e. The van der Waals surface area contributed by atoms with Crippen LogP contribution in [0.3, 0.4) is 0 Å². The number of para-hydroxylation sites is 2. The number of urea groups is 1. The fourth-order valence-corrected chi connectivity index (χ4v) is 3.83. The van der Waals surface area contributed by atoms with Crippen molar-refractivity contribution in [3.8, 4) is 5.75 Å². The van der Waals surface area contributed by atoms with Crippen molar-refractivity contribution in [3.05, 3.63) is 24.3 Å². The molecule has 0 aromatic heterocycles. The van der Waals surface area contributed by atoms with Gasteiger partial charge >= 0.3 is 12.0 Å². The molecular weight excluding hydrogens is 315 g/mol. The Bertz CT molecular complexity index is 639. The molecule has 0 unspecified atom stereocenters. The molecule has 0 radical (unpaired) electrons. The summed E-state index contributed by atoms with van der Waals surface area (Å²) in [6.45, 7) is -0.0179. The number of hydrogen-bond acceptors (Lipinski definition) is 3. The molecule has 2 fully saturated rings. The number of carboxylic acid groups (broad SMARTS) is 1. The second-order valence-corrected chi connectivity index (χ2v) is 6.39. The molecule has 2 atom stereocenters. The predicted octanol–water partition coefficient (Wildman–Crippen LogP) is 2.75. The average molecular weight is 336 g/mol. The number of hydrogen-bond donors (Lipinski definition) is 2. The molecule has 1 heterocycles. The van der Waals surface area contributed by atoms with Crippen molar-refractivity contribution in [2.24, 2.45) is 11.3 Å². The number of alkyl halides is 1. The van der Waals surface area contributed by atoms with E-state index in [1.54, 1.807) is 29.2 Å². The van der Waals surface area contributed by atoms with Gasteiger partial charge in [-0.05, 0) is 30.9 Å².